The lowest BCUT2D eigenvalue weighted by Gasteiger charge is -2.37. The molecule has 0 aromatic rings. The second-order valence-corrected chi connectivity index (χ2v) is 6.71. The van der Waals surface area contributed by atoms with Crippen LogP contribution >= 0.6 is 0 Å². The molecule has 2 amide bonds. The molecule has 2 saturated carbocycles. The maximum Gasteiger partial charge on any atom is 0.329 e. The Bertz CT molecular complexity index is 372. The highest BCUT2D eigenvalue weighted by Crippen LogP contribution is 2.34. The predicted octanol–water partition coefficient (Wildman–Crippen LogP) is 2.90. The predicted molar refractivity (Wildman–Crippen MR) is 81.1 cm³/mol. The van der Waals surface area contributed by atoms with E-state index < -0.39 is 11.5 Å². The van der Waals surface area contributed by atoms with Crippen LogP contribution in [0.5, 0.6) is 0 Å². The smallest absolute Gasteiger partial charge is 0.329 e. The molecule has 0 spiro atoms. The number of nitrogens with one attached hydrogen (secondary N) is 2. The molecule has 2 fully saturated rings. The van der Waals surface area contributed by atoms with Crippen LogP contribution in [0.4, 0.5) is 4.79 Å². The minimum atomic E-state index is -1.06. The first-order valence-corrected chi connectivity index (χ1v) is 8.35. The third kappa shape index (κ3) is 4.11. The molecule has 5 heteroatoms. The van der Waals surface area contributed by atoms with Gasteiger partial charge in [-0.1, -0.05) is 32.6 Å². The Labute approximate surface area is 126 Å². The Morgan fingerprint density at radius 2 is 1.81 bits per heavy atom. The minimum absolute atomic E-state index is 0.327. The summed E-state index contributed by atoms with van der Waals surface area (Å²) < 4.78 is 0. The lowest BCUT2D eigenvalue weighted by atomic mass is 9.75. The molecule has 0 unspecified atom stereocenters. The highest BCUT2D eigenvalue weighted by atomic mass is 16.4. The summed E-state index contributed by atoms with van der Waals surface area (Å²) in [4.78, 5) is 23.6. The van der Waals surface area contributed by atoms with E-state index in [0.29, 0.717) is 25.3 Å². The van der Waals surface area contributed by atoms with E-state index in [-0.39, 0.29) is 6.03 Å². The maximum absolute atomic E-state index is 12.0. The van der Waals surface area contributed by atoms with Crippen molar-refractivity contribution in [3.05, 3.63) is 0 Å². The molecule has 2 aliphatic rings. The molecule has 0 heterocycles. The van der Waals surface area contributed by atoms with Crippen LogP contribution in [0.2, 0.25) is 0 Å². The number of carbonyl (C=O) groups is 2. The van der Waals surface area contributed by atoms with Crippen molar-refractivity contribution in [1.29, 1.82) is 0 Å². The topological polar surface area (TPSA) is 78.4 Å². The standard InChI is InChI=1S/C16H28N2O3/c1-2-12-6-9-16(10-7-12,14(19)20)18-15(21)17-11-8-13-4-3-5-13/h12-13H,2-11H2,1H3,(H,19,20)(H2,17,18,21). The van der Waals surface area contributed by atoms with Crippen LogP contribution in [0.25, 0.3) is 0 Å². The zero-order valence-electron chi connectivity index (χ0n) is 13.0. The third-order valence-corrected chi connectivity index (χ3v) is 5.36. The first-order valence-electron chi connectivity index (χ1n) is 8.35. The lowest BCUT2D eigenvalue weighted by molar-refractivity contribution is -0.146. The van der Waals surface area contributed by atoms with Gasteiger partial charge in [-0.3, -0.25) is 0 Å². The van der Waals surface area contributed by atoms with E-state index in [1.807, 2.05) is 0 Å². The Morgan fingerprint density at radius 1 is 1.14 bits per heavy atom. The van der Waals surface area contributed by atoms with Gasteiger partial charge in [0, 0.05) is 6.54 Å². The summed E-state index contributed by atoms with van der Waals surface area (Å²) in [6.07, 6.45) is 8.76. The average molecular weight is 296 g/mol. The summed E-state index contributed by atoms with van der Waals surface area (Å²) >= 11 is 0. The van der Waals surface area contributed by atoms with Crippen molar-refractivity contribution in [3.8, 4) is 0 Å². The van der Waals surface area contributed by atoms with Crippen LogP contribution in [0.1, 0.15) is 64.7 Å². The number of rotatable bonds is 6. The van der Waals surface area contributed by atoms with Crippen LogP contribution in [0.3, 0.4) is 0 Å². The quantitative estimate of drug-likeness (QED) is 0.705. The fraction of sp³-hybridized carbons (Fsp3) is 0.875. The number of urea groups is 1. The first-order chi connectivity index (χ1) is 10.1. The molecule has 21 heavy (non-hydrogen) atoms. The van der Waals surface area contributed by atoms with Crippen molar-refractivity contribution in [1.82, 2.24) is 10.6 Å². The van der Waals surface area contributed by atoms with Crippen molar-refractivity contribution in [3.63, 3.8) is 0 Å². The second kappa shape index (κ2) is 7.14. The van der Waals surface area contributed by atoms with E-state index in [0.717, 1.165) is 31.6 Å². The van der Waals surface area contributed by atoms with E-state index in [4.69, 9.17) is 0 Å². The van der Waals surface area contributed by atoms with Crippen LogP contribution < -0.4 is 10.6 Å². The summed E-state index contributed by atoms with van der Waals surface area (Å²) in [5.41, 5.74) is -1.06. The number of carbonyl (C=O) groups excluding carboxylic acids is 1. The van der Waals surface area contributed by atoms with Gasteiger partial charge in [0.05, 0.1) is 0 Å². The molecule has 120 valence electrons. The highest BCUT2D eigenvalue weighted by Gasteiger charge is 2.42. The maximum atomic E-state index is 12.0. The SMILES string of the molecule is CCC1CCC(NC(=O)NCCC2CCC2)(C(=O)O)CC1. The van der Waals surface area contributed by atoms with Crippen LogP contribution in [0.15, 0.2) is 0 Å². The Hall–Kier alpha value is -1.26. The number of hydrogen-bond acceptors (Lipinski definition) is 2. The molecule has 2 rings (SSSR count). The van der Waals surface area contributed by atoms with Crippen molar-refractivity contribution < 1.29 is 14.7 Å². The Kier molecular flexibility index (Phi) is 5.48. The molecule has 0 saturated heterocycles. The van der Waals surface area contributed by atoms with Gasteiger partial charge in [-0.25, -0.2) is 9.59 Å². The van der Waals surface area contributed by atoms with E-state index in [1.165, 1.54) is 19.3 Å². The zero-order chi connectivity index (χ0) is 15.3. The molecule has 0 aromatic carbocycles. The summed E-state index contributed by atoms with van der Waals surface area (Å²) in [5.74, 6) is 0.450. The number of carboxylic acid groups (broad SMARTS) is 1. The van der Waals surface area contributed by atoms with Crippen molar-refractivity contribution in [2.75, 3.05) is 6.54 Å². The molecule has 0 radical (unpaired) electrons. The summed E-state index contributed by atoms with van der Waals surface area (Å²) in [6.45, 7) is 2.78. The lowest BCUT2D eigenvalue weighted by Crippen LogP contribution is -2.58. The van der Waals surface area contributed by atoms with Gasteiger partial charge in [0.2, 0.25) is 0 Å². The van der Waals surface area contributed by atoms with Gasteiger partial charge in [0.25, 0.3) is 0 Å². The van der Waals surface area contributed by atoms with Gasteiger partial charge in [0.1, 0.15) is 5.54 Å². The molecule has 3 N–H and O–H groups in total. The van der Waals surface area contributed by atoms with Crippen molar-refractivity contribution in [2.24, 2.45) is 11.8 Å². The van der Waals surface area contributed by atoms with Gasteiger partial charge in [-0.15, -0.1) is 0 Å². The number of amides is 2. The monoisotopic (exact) mass is 296 g/mol. The molecule has 0 aromatic heterocycles. The van der Waals surface area contributed by atoms with E-state index in [2.05, 4.69) is 17.6 Å². The van der Waals surface area contributed by atoms with Gasteiger partial charge in [-0.2, -0.15) is 0 Å². The van der Waals surface area contributed by atoms with E-state index in [9.17, 15) is 14.7 Å². The molecule has 2 aliphatic carbocycles. The fourth-order valence-electron chi connectivity index (χ4n) is 3.40. The number of hydrogen-bond donors (Lipinski definition) is 3. The number of aliphatic carboxylic acids is 1. The number of carboxylic acids is 1. The molecule has 5 nitrogen and oxygen atoms in total. The highest BCUT2D eigenvalue weighted by molar-refractivity contribution is 5.86. The first kappa shape index (κ1) is 16.1. The third-order valence-electron chi connectivity index (χ3n) is 5.36. The summed E-state index contributed by atoms with van der Waals surface area (Å²) in [5, 5.41) is 15.1. The Balaban J connectivity index is 1.78. The molecule has 0 bridgehead atoms. The van der Waals surface area contributed by atoms with E-state index >= 15 is 0 Å². The van der Waals surface area contributed by atoms with Gasteiger partial charge < -0.3 is 15.7 Å². The zero-order valence-corrected chi connectivity index (χ0v) is 13.0. The largest absolute Gasteiger partial charge is 0.480 e. The minimum Gasteiger partial charge on any atom is -0.480 e. The summed E-state index contributed by atoms with van der Waals surface area (Å²) in [7, 11) is 0. The Morgan fingerprint density at radius 3 is 2.29 bits per heavy atom. The van der Waals surface area contributed by atoms with Crippen LogP contribution in [-0.2, 0) is 4.79 Å². The molecule has 0 atom stereocenters. The molecular weight excluding hydrogens is 268 g/mol. The van der Waals surface area contributed by atoms with Crippen molar-refractivity contribution in [2.45, 2.75) is 70.3 Å². The van der Waals surface area contributed by atoms with Crippen molar-refractivity contribution >= 4 is 12.0 Å². The van der Waals surface area contributed by atoms with Gasteiger partial charge >= 0.3 is 12.0 Å². The van der Waals surface area contributed by atoms with E-state index in [1.54, 1.807) is 0 Å². The normalized spacial score (nSPS) is 29.5. The fourth-order valence-corrected chi connectivity index (χ4v) is 3.40. The molecule has 0 aliphatic heterocycles. The van der Waals surface area contributed by atoms with Gasteiger partial charge in [-0.05, 0) is 43.9 Å². The van der Waals surface area contributed by atoms with Crippen LogP contribution in [0, 0.1) is 11.8 Å². The van der Waals surface area contributed by atoms with Gasteiger partial charge in [0.15, 0.2) is 0 Å². The second-order valence-electron chi connectivity index (χ2n) is 6.71. The molecular formula is C16H28N2O3. The van der Waals surface area contributed by atoms with Crippen LogP contribution in [-0.4, -0.2) is 29.2 Å². The average Bonchev–Trinajstić information content (AvgIpc) is 2.42. The summed E-state index contributed by atoms with van der Waals surface area (Å²) in [6, 6.07) is -0.327.